The van der Waals surface area contributed by atoms with Crippen molar-refractivity contribution in [3.8, 4) is 17.2 Å². The maximum Gasteiger partial charge on any atom is 0.461 e. The van der Waals surface area contributed by atoms with Crippen LogP contribution in [0.25, 0.3) is 0 Å². The molecule has 0 spiro atoms. The molecule has 0 radical (unpaired) electrons. The van der Waals surface area contributed by atoms with Crippen molar-refractivity contribution in [1.29, 1.82) is 0 Å². The Morgan fingerprint density at radius 2 is 1.58 bits per heavy atom. The third kappa shape index (κ3) is 5.68. The van der Waals surface area contributed by atoms with Gasteiger partial charge in [-0.2, -0.15) is 17.6 Å². The molecule has 0 saturated heterocycles. The summed E-state index contributed by atoms with van der Waals surface area (Å²) in [5, 5.41) is 0.675. The molecule has 0 saturated carbocycles. The van der Waals surface area contributed by atoms with Gasteiger partial charge >= 0.3 is 12.5 Å². The Kier molecular flexibility index (Phi) is 7.08. The fourth-order valence-electron chi connectivity index (χ4n) is 2.93. The molecule has 1 atom stereocenters. The summed E-state index contributed by atoms with van der Waals surface area (Å²) in [7, 11) is 0. The van der Waals surface area contributed by atoms with Crippen molar-refractivity contribution in [3.63, 3.8) is 0 Å². The van der Waals surface area contributed by atoms with Crippen LogP contribution in [-0.4, -0.2) is 12.5 Å². The second kappa shape index (κ2) is 9.58. The lowest BCUT2D eigenvalue weighted by Gasteiger charge is -2.19. The number of halogens is 5. The van der Waals surface area contributed by atoms with Crippen molar-refractivity contribution in [2.45, 2.75) is 31.9 Å². The van der Waals surface area contributed by atoms with Gasteiger partial charge in [-0.25, -0.2) is 0 Å². The molecular formula is C23H20ClF4NO2. The molecule has 1 unspecified atom stereocenters. The Labute approximate surface area is 182 Å². The smallest absolute Gasteiger partial charge is 0.457 e. The van der Waals surface area contributed by atoms with Crippen molar-refractivity contribution >= 4 is 11.6 Å². The summed E-state index contributed by atoms with van der Waals surface area (Å²) in [5.74, 6) is 0.824. The van der Waals surface area contributed by atoms with E-state index in [0.29, 0.717) is 27.6 Å². The molecule has 0 aromatic heterocycles. The van der Waals surface area contributed by atoms with Crippen molar-refractivity contribution in [3.05, 3.63) is 88.4 Å². The van der Waals surface area contributed by atoms with E-state index >= 15 is 0 Å². The Hall–Kier alpha value is -2.77. The van der Waals surface area contributed by atoms with Gasteiger partial charge in [0.15, 0.2) is 0 Å². The van der Waals surface area contributed by atoms with Crippen LogP contribution in [0, 0.1) is 0 Å². The maximum atomic E-state index is 13.2. The fraction of sp³-hybridized carbons (Fsp3) is 0.217. The summed E-state index contributed by atoms with van der Waals surface area (Å²) in [6.45, 7) is 2.00. The van der Waals surface area contributed by atoms with Gasteiger partial charge in [0.1, 0.15) is 17.2 Å². The summed E-state index contributed by atoms with van der Waals surface area (Å²) >= 11 is 6.12. The Morgan fingerprint density at radius 3 is 2.23 bits per heavy atom. The van der Waals surface area contributed by atoms with E-state index in [1.807, 2.05) is 13.0 Å². The van der Waals surface area contributed by atoms with Crippen LogP contribution in [0.15, 0.2) is 66.7 Å². The predicted molar refractivity (Wildman–Crippen MR) is 111 cm³/mol. The quantitative estimate of drug-likeness (QED) is 0.374. The summed E-state index contributed by atoms with van der Waals surface area (Å²) in [6, 6.07) is 17.0. The van der Waals surface area contributed by atoms with Crippen LogP contribution in [0.1, 0.15) is 29.7 Å². The highest BCUT2D eigenvalue weighted by atomic mass is 35.5. The minimum Gasteiger partial charge on any atom is -0.457 e. The summed E-state index contributed by atoms with van der Waals surface area (Å²) in [4.78, 5) is 0. The van der Waals surface area contributed by atoms with Gasteiger partial charge in [0.2, 0.25) is 0 Å². The molecule has 164 valence electrons. The molecule has 3 aromatic carbocycles. The van der Waals surface area contributed by atoms with Crippen LogP contribution in [0.2, 0.25) is 5.02 Å². The van der Waals surface area contributed by atoms with Crippen LogP contribution in [0.4, 0.5) is 17.6 Å². The van der Waals surface area contributed by atoms with E-state index in [2.05, 4.69) is 4.74 Å². The topological polar surface area (TPSA) is 44.5 Å². The standard InChI is InChI=1S/C23H20ClF4NO2/c1-2-14-12-18(10-11-20(14)24)30-17-8-6-15(7-9-17)21(29)16-4-3-5-19(13-16)31-23(27,28)22(25)26/h3-13,21-22H,2,29H2,1H3. The highest BCUT2D eigenvalue weighted by molar-refractivity contribution is 6.31. The lowest BCUT2D eigenvalue weighted by atomic mass is 9.99. The normalized spacial score (nSPS) is 12.6. The van der Waals surface area contributed by atoms with E-state index in [4.69, 9.17) is 22.1 Å². The average Bonchev–Trinajstić information content (AvgIpc) is 2.75. The molecule has 31 heavy (non-hydrogen) atoms. The molecule has 3 rings (SSSR count). The first-order valence-corrected chi connectivity index (χ1v) is 9.84. The number of ether oxygens (including phenoxy) is 2. The highest BCUT2D eigenvalue weighted by Crippen LogP contribution is 2.31. The Bertz CT molecular complexity index is 1030. The molecule has 0 fully saturated rings. The Morgan fingerprint density at radius 1 is 0.903 bits per heavy atom. The molecule has 3 aromatic rings. The zero-order valence-electron chi connectivity index (χ0n) is 16.5. The first kappa shape index (κ1) is 22.9. The lowest BCUT2D eigenvalue weighted by molar-refractivity contribution is -0.253. The van der Waals surface area contributed by atoms with E-state index in [0.717, 1.165) is 12.0 Å². The van der Waals surface area contributed by atoms with Gasteiger partial charge in [0, 0.05) is 5.02 Å². The number of benzene rings is 3. The Balaban J connectivity index is 1.73. The molecule has 3 nitrogen and oxygen atoms in total. The molecule has 0 heterocycles. The van der Waals surface area contributed by atoms with Crippen LogP contribution < -0.4 is 15.2 Å². The van der Waals surface area contributed by atoms with Crippen molar-refractivity contribution in [2.24, 2.45) is 5.73 Å². The zero-order valence-corrected chi connectivity index (χ0v) is 17.3. The highest BCUT2D eigenvalue weighted by Gasteiger charge is 2.44. The lowest BCUT2D eigenvalue weighted by Crippen LogP contribution is -2.33. The van der Waals surface area contributed by atoms with E-state index in [1.54, 1.807) is 42.5 Å². The van der Waals surface area contributed by atoms with Crippen LogP contribution in [0.3, 0.4) is 0 Å². The fourth-order valence-corrected chi connectivity index (χ4v) is 3.18. The van der Waals surface area contributed by atoms with Gasteiger partial charge in [0.05, 0.1) is 6.04 Å². The van der Waals surface area contributed by atoms with Crippen LogP contribution in [0.5, 0.6) is 17.2 Å². The molecule has 0 amide bonds. The molecule has 2 N–H and O–H groups in total. The second-order valence-corrected chi connectivity index (χ2v) is 7.20. The van der Waals surface area contributed by atoms with Gasteiger partial charge in [-0.05, 0) is 65.6 Å². The molecule has 8 heteroatoms. The van der Waals surface area contributed by atoms with Gasteiger partial charge in [-0.1, -0.05) is 42.8 Å². The third-order valence-electron chi connectivity index (χ3n) is 4.60. The maximum absolute atomic E-state index is 13.2. The number of hydrogen-bond acceptors (Lipinski definition) is 3. The molecule has 0 aliphatic heterocycles. The number of aryl methyl sites for hydroxylation is 1. The molecular weight excluding hydrogens is 434 g/mol. The monoisotopic (exact) mass is 453 g/mol. The average molecular weight is 454 g/mol. The summed E-state index contributed by atoms with van der Waals surface area (Å²) in [6.07, 6.45) is -7.75. The summed E-state index contributed by atoms with van der Waals surface area (Å²) in [5.41, 5.74) is 8.30. The van der Waals surface area contributed by atoms with E-state index < -0.39 is 24.3 Å². The molecule has 0 aliphatic rings. The van der Waals surface area contributed by atoms with Gasteiger partial charge in [-0.15, -0.1) is 0 Å². The SMILES string of the molecule is CCc1cc(Oc2ccc(C(N)c3cccc(OC(F)(F)C(F)F)c3)cc2)ccc1Cl. The van der Waals surface area contributed by atoms with Crippen molar-refractivity contribution in [1.82, 2.24) is 0 Å². The number of hydrogen-bond donors (Lipinski definition) is 1. The minimum atomic E-state index is -4.58. The van der Waals surface area contributed by atoms with E-state index in [9.17, 15) is 17.6 Å². The number of rotatable bonds is 8. The molecule has 0 bridgehead atoms. The van der Waals surface area contributed by atoms with Crippen LogP contribution >= 0.6 is 11.6 Å². The first-order valence-electron chi connectivity index (χ1n) is 9.46. The van der Waals surface area contributed by atoms with Crippen molar-refractivity contribution in [2.75, 3.05) is 0 Å². The van der Waals surface area contributed by atoms with Crippen molar-refractivity contribution < 1.29 is 27.0 Å². The predicted octanol–water partition coefficient (Wildman–Crippen LogP) is 6.98. The first-order chi connectivity index (χ1) is 14.7. The van der Waals surface area contributed by atoms with Gasteiger partial charge < -0.3 is 15.2 Å². The van der Waals surface area contributed by atoms with Crippen LogP contribution in [-0.2, 0) is 6.42 Å². The minimum absolute atomic E-state index is 0.396. The number of nitrogens with two attached hydrogens (primary N) is 1. The third-order valence-corrected chi connectivity index (χ3v) is 4.97. The van der Waals surface area contributed by atoms with E-state index in [1.165, 1.54) is 18.2 Å². The van der Waals surface area contributed by atoms with E-state index in [-0.39, 0.29) is 0 Å². The number of alkyl halides is 4. The van der Waals surface area contributed by atoms with Gasteiger partial charge in [0.25, 0.3) is 0 Å². The largest absolute Gasteiger partial charge is 0.461 e. The molecule has 0 aliphatic carbocycles. The van der Waals surface area contributed by atoms with Gasteiger partial charge in [-0.3, -0.25) is 0 Å². The zero-order chi connectivity index (χ0) is 22.6. The summed E-state index contributed by atoms with van der Waals surface area (Å²) < 4.78 is 61.0. The second-order valence-electron chi connectivity index (χ2n) is 6.79.